The predicted octanol–water partition coefficient (Wildman–Crippen LogP) is 1.59. The van der Waals surface area contributed by atoms with Crippen LogP contribution in [0.2, 0.25) is 0 Å². The lowest BCUT2D eigenvalue weighted by Crippen LogP contribution is -2.46. The van der Waals surface area contributed by atoms with Gasteiger partial charge in [-0.15, -0.1) is 0 Å². The van der Waals surface area contributed by atoms with E-state index >= 15 is 0 Å². The normalized spacial score (nSPS) is 19.1. The van der Waals surface area contributed by atoms with E-state index in [2.05, 4.69) is 16.7 Å². The van der Waals surface area contributed by atoms with Crippen LogP contribution in [0.5, 0.6) is 0 Å². The number of hydrogen-bond acceptors (Lipinski definition) is 3. The molecule has 4 heteroatoms. The fourth-order valence-electron chi connectivity index (χ4n) is 2.38. The van der Waals surface area contributed by atoms with Crippen LogP contribution in [0, 0.1) is 0 Å². The summed E-state index contributed by atoms with van der Waals surface area (Å²) < 4.78 is 5.11. The maximum atomic E-state index is 12.0. The molecule has 2 rings (SSSR count). The molecule has 1 heterocycles. The second-order valence-electron chi connectivity index (χ2n) is 4.97. The maximum absolute atomic E-state index is 12.0. The lowest BCUT2D eigenvalue weighted by Gasteiger charge is -2.22. The first kappa shape index (κ1) is 14.0. The zero-order valence-corrected chi connectivity index (χ0v) is 11.4. The Hall–Kier alpha value is -1.39. The molecular formula is C15H22N2O2. The summed E-state index contributed by atoms with van der Waals surface area (Å²) in [6.45, 7) is 2.13. The van der Waals surface area contributed by atoms with E-state index in [1.165, 1.54) is 6.42 Å². The Kier molecular flexibility index (Phi) is 5.36. The molecule has 0 saturated carbocycles. The van der Waals surface area contributed by atoms with Crippen LogP contribution < -0.4 is 10.6 Å². The van der Waals surface area contributed by atoms with Crippen LogP contribution in [0.25, 0.3) is 0 Å². The number of nitrogens with one attached hydrogen (secondary N) is 2. The van der Waals surface area contributed by atoms with Gasteiger partial charge < -0.3 is 15.4 Å². The van der Waals surface area contributed by atoms with Crippen LogP contribution in [-0.2, 0) is 22.7 Å². The highest BCUT2D eigenvalue weighted by atomic mass is 16.5. The van der Waals surface area contributed by atoms with Crippen molar-refractivity contribution in [3.8, 4) is 0 Å². The average Bonchev–Trinajstić information content (AvgIpc) is 2.46. The summed E-state index contributed by atoms with van der Waals surface area (Å²) in [5.74, 6) is 0.108. The highest BCUT2D eigenvalue weighted by molar-refractivity contribution is 5.81. The number of methoxy groups -OCH3 is 1. The van der Waals surface area contributed by atoms with Gasteiger partial charge in [0.05, 0.1) is 12.6 Å². The molecule has 0 aromatic heterocycles. The molecule has 104 valence electrons. The summed E-state index contributed by atoms with van der Waals surface area (Å²) in [6, 6.07) is 8.09. The van der Waals surface area contributed by atoms with Gasteiger partial charge in [0.15, 0.2) is 0 Å². The first-order valence-electron chi connectivity index (χ1n) is 6.87. The SMILES string of the molecule is COCc1cccc(CNC(=O)[C@H]2CCCCN2)c1. The van der Waals surface area contributed by atoms with Crippen molar-refractivity contribution in [2.75, 3.05) is 13.7 Å². The van der Waals surface area contributed by atoms with Crippen molar-refractivity contribution in [2.24, 2.45) is 0 Å². The van der Waals surface area contributed by atoms with Gasteiger partial charge >= 0.3 is 0 Å². The van der Waals surface area contributed by atoms with Gasteiger partial charge in [-0.2, -0.15) is 0 Å². The summed E-state index contributed by atoms with van der Waals surface area (Å²) in [4.78, 5) is 12.0. The lowest BCUT2D eigenvalue weighted by atomic mass is 10.0. The fourth-order valence-corrected chi connectivity index (χ4v) is 2.38. The van der Waals surface area contributed by atoms with Crippen molar-refractivity contribution in [3.05, 3.63) is 35.4 Å². The largest absolute Gasteiger partial charge is 0.380 e. The van der Waals surface area contributed by atoms with Crippen molar-refractivity contribution >= 4 is 5.91 Å². The number of ether oxygens (including phenoxy) is 1. The Morgan fingerprint density at radius 3 is 3.00 bits per heavy atom. The van der Waals surface area contributed by atoms with Crippen molar-refractivity contribution in [2.45, 2.75) is 38.5 Å². The van der Waals surface area contributed by atoms with Crippen LogP contribution in [-0.4, -0.2) is 25.6 Å². The van der Waals surface area contributed by atoms with Gasteiger partial charge in [-0.05, 0) is 30.5 Å². The first-order chi connectivity index (χ1) is 9.29. The molecule has 1 saturated heterocycles. The maximum Gasteiger partial charge on any atom is 0.237 e. The minimum absolute atomic E-state index is 0.0177. The number of carbonyl (C=O) groups excluding carboxylic acids is 1. The molecule has 0 spiro atoms. The van der Waals surface area contributed by atoms with Gasteiger partial charge in [0.25, 0.3) is 0 Å². The second-order valence-corrected chi connectivity index (χ2v) is 4.97. The number of carbonyl (C=O) groups is 1. The van der Waals surface area contributed by atoms with Crippen LogP contribution >= 0.6 is 0 Å². The fraction of sp³-hybridized carbons (Fsp3) is 0.533. The number of rotatable bonds is 5. The Morgan fingerprint density at radius 2 is 2.26 bits per heavy atom. The third-order valence-electron chi connectivity index (χ3n) is 3.40. The topological polar surface area (TPSA) is 50.4 Å². The van der Waals surface area contributed by atoms with Gasteiger partial charge in [-0.3, -0.25) is 4.79 Å². The van der Waals surface area contributed by atoms with E-state index in [0.717, 1.165) is 30.5 Å². The molecule has 0 unspecified atom stereocenters. The van der Waals surface area contributed by atoms with Gasteiger partial charge in [0, 0.05) is 13.7 Å². The van der Waals surface area contributed by atoms with Crippen LogP contribution in [0.3, 0.4) is 0 Å². The molecule has 1 aliphatic rings. The van der Waals surface area contributed by atoms with Crippen LogP contribution in [0.1, 0.15) is 30.4 Å². The van der Waals surface area contributed by atoms with Crippen molar-refractivity contribution in [3.63, 3.8) is 0 Å². The summed E-state index contributed by atoms with van der Waals surface area (Å²) in [5.41, 5.74) is 2.24. The van der Waals surface area contributed by atoms with E-state index in [4.69, 9.17) is 4.74 Å². The third-order valence-corrected chi connectivity index (χ3v) is 3.40. The minimum atomic E-state index is -0.0177. The first-order valence-corrected chi connectivity index (χ1v) is 6.87. The summed E-state index contributed by atoms with van der Waals surface area (Å²) in [6.07, 6.45) is 3.24. The van der Waals surface area contributed by atoms with E-state index in [0.29, 0.717) is 13.2 Å². The van der Waals surface area contributed by atoms with E-state index < -0.39 is 0 Å². The average molecular weight is 262 g/mol. The molecular weight excluding hydrogens is 240 g/mol. The van der Waals surface area contributed by atoms with Crippen LogP contribution in [0.4, 0.5) is 0 Å². The van der Waals surface area contributed by atoms with Gasteiger partial charge in [0.1, 0.15) is 0 Å². The molecule has 1 fully saturated rings. The Bertz CT molecular complexity index is 414. The van der Waals surface area contributed by atoms with Gasteiger partial charge in [-0.25, -0.2) is 0 Å². The minimum Gasteiger partial charge on any atom is -0.380 e. The zero-order valence-electron chi connectivity index (χ0n) is 11.4. The molecule has 0 bridgehead atoms. The van der Waals surface area contributed by atoms with Crippen molar-refractivity contribution in [1.82, 2.24) is 10.6 Å². The molecule has 19 heavy (non-hydrogen) atoms. The Balaban J connectivity index is 1.83. The summed E-state index contributed by atoms with van der Waals surface area (Å²) >= 11 is 0. The predicted molar refractivity (Wildman–Crippen MR) is 74.6 cm³/mol. The smallest absolute Gasteiger partial charge is 0.237 e. The molecule has 0 radical (unpaired) electrons. The molecule has 1 atom stereocenters. The van der Waals surface area contributed by atoms with Crippen molar-refractivity contribution < 1.29 is 9.53 Å². The molecule has 4 nitrogen and oxygen atoms in total. The van der Waals surface area contributed by atoms with Gasteiger partial charge in [-0.1, -0.05) is 30.7 Å². The number of amides is 1. The molecule has 1 amide bonds. The Labute approximate surface area is 114 Å². The summed E-state index contributed by atoms with van der Waals surface area (Å²) in [5, 5.41) is 6.25. The Morgan fingerprint density at radius 1 is 1.42 bits per heavy atom. The highest BCUT2D eigenvalue weighted by Crippen LogP contribution is 2.09. The summed E-state index contributed by atoms with van der Waals surface area (Å²) in [7, 11) is 1.68. The quantitative estimate of drug-likeness (QED) is 0.847. The van der Waals surface area contributed by atoms with E-state index in [1.807, 2.05) is 18.2 Å². The molecule has 2 N–H and O–H groups in total. The highest BCUT2D eigenvalue weighted by Gasteiger charge is 2.19. The zero-order chi connectivity index (χ0) is 13.5. The molecule has 1 aromatic rings. The third kappa shape index (κ3) is 4.33. The van der Waals surface area contributed by atoms with Crippen LogP contribution in [0.15, 0.2) is 24.3 Å². The molecule has 1 aromatic carbocycles. The van der Waals surface area contributed by atoms with Gasteiger partial charge in [0.2, 0.25) is 5.91 Å². The second kappa shape index (κ2) is 7.26. The number of benzene rings is 1. The van der Waals surface area contributed by atoms with E-state index in [9.17, 15) is 4.79 Å². The standard InChI is InChI=1S/C15H22N2O2/c1-19-11-13-6-4-5-12(9-13)10-17-15(18)14-7-2-3-8-16-14/h4-6,9,14,16H,2-3,7-8,10-11H2,1H3,(H,17,18)/t14-/m1/s1. The number of piperidine rings is 1. The van der Waals surface area contributed by atoms with Crippen molar-refractivity contribution in [1.29, 1.82) is 0 Å². The molecule has 0 aliphatic carbocycles. The monoisotopic (exact) mass is 262 g/mol. The van der Waals surface area contributed by atoms with E-state index in [1.54, 1.807) is 7.11 Å². The molecule has 1 aliphatic heterocycles. The lowest BCUT2D eigenvalue weighted by molar-refractivity contribution is -0.123. The van der Waals surface area contributed by atoms with E-state index in [-0.39, 0.29) is 11.9 Å². The number of hydrogen-bond donors (Lipinski definition) is 2.